The molecule has 2 amide bonds. The molecule has 0 radical (unpaired) electrons. The maximum Gasteiger partial charge on any atom is 0.310 e. The standard InChI is InChI=1S/C22H29N3O7S/c1-2-31-22(28)16-6-5-9-23(13-16)20(26)14-25-18-12-17(7-8-19(18)32-15-21(25)27)33(29,30)24-10-3-4-11-24/h7-8,12,16H,2-6,9-11,13-15H2,1H3/t16-/m1/s1. The number of likely N-dealkylation sites (tertiary alicyclic amines) is 1. The minimum absolute atomic E-state index is 0.0687. The van der Waals surface area contributed by atoms with E-state index in [9.17, 15) is 22.8 Å². The van der Waals surface area contributed by atoms with E-state index in [2.05, 4.69) is 0 Å². The predicted molar refractivity (Wildman–Crippen MR) is 118 cm³/mol. The summed E-state index contributed by atoms with van der Waals surface area (Å²) in [6.07, 6.45) is 2.95. The molecule has 3 aliphatic heterocycles. The number of sulfonamides is 1. The van der Waals surface area contributed by atoms with Crippen LogP contribution in [-0.2, 0) is 29.1 Å². The monoisotopic (exact) mass is 479 g/mol. The third kappa shape index (κ3) is 4.84. The molecule has 3 heterocycles. The Morgan fingerprint density at radius 1 is 1.15 bits per heavy atom. The molecule has 0 spiro atoms. The van der Waals surface area contributed by atoms with Crippen LogP contribution in [0.1, 0.15) is 32.6 Å². The zero-order chi connectivity index (χ0) is 23.6. The number of piperidine rings is 1. The molecule has 2 fully saturated rings. The van der Waals surface area contributed by atoms with E-state index in [0.717, 1.165) is 12.8 Å². The number of hydrogen-bond donors (Lipinski definition) is 0. The van der Waals surface area contributed by atoms with Crippen LogP contribution < -0.4 is 9.64 Å². The molecule has 2 saturated heterocycles. The molecule has 180 valence electrons. The number of carbonyl (C=O) groups is 3. The largest absolute Gasteiger partial charge is 0.482 e. The molecule has 11 heteroatoms. The van der Waals surface area contributed by atoms with Crippen molar-refractivity contribution in [3.8, 4) is 5.75 Å². The Bertz CT molecular complexity index is 1040. The number of nitrogens with zero attached hydrogens (tertiary/aromatic N) is 3. The average Bonchev–Trinajstić information content (AvgIpc) is 3.37. The summed E-state index contributed by atoms with van der Waals surface area (Å²) in [6.45, 7) is 3.20. The van der Waals surface area contributed by atoms with Crippen LogP contribution in [0, 0.1) is 5.92 Å². The van der Waals surface area contributed by atoms with Gasteiger partial charge in [0.05, 0.1) is 23.1 Å². The van der Waals surface area contributed by atoms with Crippen LogP contribution in [0.5, 0.6) is 5.75 Å². The highest BCUT2D eigenvalue weighted by molar-refractivity contribution is 7.89. The lowest BCUT2D eigenvalue weighted by atomic mass is 9.98. The van der Waals surface area contributed by atoms with Crippen molar-refractivity contribution in [2.24, 2.45) is 5.92 Å². The molecule has 0 N–H and O–H groups in total. The van der Waals surface area contributed by atoms with Crippen molar-refractivity contribution >= 4 is 33.5 Å². The van der Waals surface area contributed by atoms with E-state index in [-0.39, 0.29) is 54.7 Å². The summed E-state index contributed by atoms with van der Waals surface area (Å²) in [5.41, 5.74) is 0.263. The second-order valence-electron chi connectivity index (χ2n) is 8.44. The fourth-order valence-corrected chi connectivity index (χ4v) is 6.02. The number of hydrogen-bond acceptors (Lipinski definition) is 7. The van der Waals surface area contributed by atoms with Crippen molar-refractivity contribution in [2.75, 3.05) is 50.8 Å². The van der Waals surface area contributed by atoms with Gasteiger partial charge in [0.15, 0.2) is 6.61 Å². The van der Waals surface area contributed by atoms with Gasteiger partial charge in [-0.15, -0.1) is 0 Å². The summed E-state index contributed by atoms with van der Waals surface area (Å²) < 4.78 is 38.0. The molecular formula is C22H29N3O7S. The van der Waals surface area contributed by atoms with Crippen molar-refractivity contribution in [3.63, 3.8) is 0 Å². The molecular weight excluding hydrogens is 450 g/mol. The third-order valence-electron chi connectivity index (χ3n) is 6.26. The lowest BCUT2D eigenvalue weighted by Gasteiger charge is -2.35. The maximum absolute atomic E-state index is 13.1. The lowest BCUT2D eigenvalue weighted by Crippen LogP contribution is -2.49. The molecule has 10 nitrogen and oxygen atoms in total. The number of benzene rings is 1. The fraction of sp³-hybridized carbons (Fsp3) is 0.591. The highest BCUT2D eigenvalue weighted by Gasteiger charge is 2.35. The Hall–Kier alpha value is -2.66. The van der Waals surface area contributed by atoms with Gasteiger partial charge in [0, 0.05) is 26.2 Å². The summed E-state index contributed by atoms with van der Waals surface area (Å²) >= 11 is 0. The second-order valence-corrected chi connectivity index (χ2v) is 10.4. The van der Waals surface area contributed by atoms with E-state index in [0.29, 0.717) is 38.2 Å². The zero-order valence-electron chi connectivity index (χ0n) is 18.7. The Morgan fingerprint density at radius 3 is 2.64 bits per heavy atom. The molecule has 1 aromatic rings. The quantitative estimate of drug-likeness (QED) is 0.559. The first-order valence-electron chi connectivity index (χ1n) is 11.3. The molecule has 0 bridgehead atoms. The van der Waals surface area contributed by atoms with Gasteiger partial charge in [0.1, 0.15) is 12.3 Å². The molecule has 0 saturated carbocycles. The number of ether oxygens (including phenoxy) is 2. The van der Waals surface area contributed by atoms with Gasteiger partial charge in [-0.3, -0.25) is 19.3 Å². The van der Waals surface area contributed by atoms with Gasteiger partial charge in [-0.25, -0.2) is 8.42 Å². The zero-order valence-corrected chi connectivity index (χ0v) is 19.5. The van der Waals surface area contributed by atoms with Gasteiger partial charge in [0.25, 0.3) is 5.91 Å². The lowest BCUT2D eigenvalue weighted by molar-refractivity contribution is -0.151. The topological polar surface area (TPSA) is 114 Å². The summed E-state index contributed by atoms with van der Waals surface area (Å²) in [6, 6.07) is 4.40. The molecule has 1 atom stereocenters. The Kier molecular flexibility index (Phi) is 6.89. The smallest absolute Gasteiger partial charge is 0.310 e. The van der Waals surface area contributed by atoms with E-state index in [1.807, 2.05) is 0 Å². The Balaban J connectivity index is 1.53. The molecule has 3 aliphatic rings. The summed E-state index contributed by atoms with van der Waals surface area (Å²) in [5, 5.41) is 0. The van der Waals surface area contributed by atoms with E-state index < -0.39 is 15.9 Å². The van der Waals surface area contributed by atoms with E-state index >= 15 is 0 Å². The highest BCUT2D eigenvalue weighted by Crippen LogP contribution is 2.35. The molecule has 4 rings (SSSR count). The van der Waals surface area contributed by atoms with Gasteiger partial charge < -0.3 is 14.4 Å². The Labute approximate surface area is 193 Å². The van der Waals surface area contributed by atoms with Crippen molar-refractivity contribution in [1.29, 1.82) is 0 Å². The first-order valence-corrected chi connectivity index (χ1v) is 12.8. The maximum atomic E-state index is 13.1. The minimum atomic E-state index is -3.69. The number of anilines is 1. The van der Waals surface area contributed by atoms with Gasteiger partial charge in [-0.1, -0.05) is 0 Å². The van der Waals surface area contributed by atoms with Crippen LogP contribution in [0.2, 0.25) is 0 Å². The van der Waals surface area contributed by atoms with Crippen LogP contribution in [-0.4, -0.2) is 81.3 Å². The number of esters is 1. The second kappa shape index (κ2) is 9.68. The van der Waals surface area contributed by atoms with Crippen LogP contribution in [0.4, 0.5) is 5.69 Å². The number of amides is 2. The van der Waals surface area contributed by atoms with Crippen molar-refractivity contribution in [1.82, 2.24) is 9.21 Å². The number of rotatable bonds is 6. The molecule has 0 aromatic heterocycles. The van der Waals surface area contributed by atoms with Crippen LogP contribution >= 0.6 is 0 Å². The molecule has 0 unspecified atom stereocenters. The number of fused-ring (bicyclic) bond motifs is 1. The van der Waals surface area contributed by atoms with Gasteiger partial charge in [0.2, 0.25) is 15.9 Å². The minimum Gasteiger partial charge on any atom is -0.482 e. The average molecular weight is 480 g/mol. The molecule has 1 aromatic carbocycles. The third-order valence-corrected chi connectivity index (χ3v) is 8.16. The van der Waals surface area contributed by atoms with Crippen LogP contribution in [0.25, 0.3) is 0 Å². The van der Waals surface area contributed by atoms with Gasteiger partial charge in [-0.05, 0) is 50.8 Å². The van der Waals surface area contributed by atoms with Crippen molar-refractivity contribution in [3.05, 3.63) is 18.2 Å². The van der Waals surface area contributed by atoms with Gasteiger partial charge in [-0.2, -0.15) is 4.31 Å². The van der Waals surface area contributed by atoms with E-state index in [1.54, 1.807) is 11.8 Å². The predicted octanol–water partition coefficient (Wildman–Crippen LogP) is 0.998. The van der Waals surface area contributed by atoms with Crippen molar-refractivity contribution in [2.45, 2.75) is 37.5 Å². The Morgan fingerprint density at radius 2 is 1.91 bits per heavy atom. The van der Waals surface area contributed by atoms with Crippen LogP contribution in [0.3, 0.4) is 0 Å². The molecule has 33 heavy (non-hydrogen) atoms. The summed E-state index contributed by atoms with van der Waals surface area (Å²) in [4.78, 5) is 40.7. The van der Waals surface area contributed by atoms with Crippen molar-refractivity contribution < 1.29 is 32.3 Å². The SMILES string of the molecule is CCOC(=O)[C@@H]1CCCN(C(=O)CN2C(=O)COc3ccc(S(=O)(=O)N4CCCC4)cc32)C1. The molecule has 0 aliphatic carbocycles. The first-order chi connectivity index (χ1) is 15.8. The summed E-state index contributed by atoms with van der Waals surface area (Å²) in [7, 11) is -3.69. The normalized spacial score (nSPS) is 21.5. The summed E-state index contributed by atoms with van der Waals surface area (Å²) in [5.74, 6) is -1.08. The number of carbonyl (C=O) groups excluding carboxylic acids is 3. The van der Waals surface area contributed by atoms with E-state index in [1.165, 1.54) is 27.4 Å². The van der Waals surface area contributed by atoms with Crippen LogP contribution in [0.15, 0.2) is 23.1 Å². The first kappa shape index (κ1) is 23.5. The van der Waals surface area contributed by atoms with E-state index in [4.69, 9.17) is 9.47 Å². The highest BCUT2D eigenvalue weighted by atomic mass is 32.2. The van der Waals surface area contributed by atoms with Gasteiger partial charge >= 0.3 is 5.97 Å². The fourth-order valence-electron chi connectivity index (χ4n) is 4.48.